The Morgan fingerprint density at radius 2 is 1.94 bits per heavy atom. The summed E-state index contributed by atoms with van der Waals surface area (Å²) in [6.45, 7) is 4.78. The monoisotopic (exact) mass is 251 g/mol. The molecule has 3 heteroatoms. The second-order valence-electron chi connectivity index (χ2n) is 5.12. The first-order chi connectivity index (χ1) is 8.63. The summed E-state index contributed by atoms with van der Waals surface area (Å²) >= 11 is 0. The Labute approximate surface area is 109 Å². The van der Waals surface area contributed by atoms with Crippen molar-refractivity contribution in [2.24, 2.45) is 0 Å². The summed E-state index contributed by atoms with van der Waals surface area (Å²) in [5.74, 6) is -0.159. The van der Waals surface area contributed by atoms with Crippen LogP contribution in [0.3, 0.4) is 0 Å². The summed E-state index contributed by atoms with van der Waals surface area (Å²) in [6.07, 6.45) is 3.63. The number of ether oxygens (including phenoxy) is 1. The summed E-state index contributed by atoms with van der Waals surface area (Å²) < 4.78 is 19.2. The molecule has 1 aliphatic heterocycles. The van der Waals surface area contributed by atoms with Gasteiger partial charge in [-0.15, -0.1) is 0 Å². The molecule has 1 fully saturated rings. The number of nitrogens with one attached hydrogen (secondary N) is 1. The minimum atomic E-state index is -0.159. The lowest BCUT2D eigenvalue weighted by Crippen LogP contribution is -2.35. The van der Waals surface area contributed by atoms with Crippen molar-refractivity contribution in [3.8, 4) is 0 Å². The molecule has 1 saturated heterocycles. The van der Waals surface area contributed by atoms with Crippen LogP contribution in [0.25, 0.3) is 0 Å². The van der Waals surface area contributed by atoms with Crippen molar-refractivity contribution in [2.45, 2.75) is 45.3 Å². The number of hydrogen-bond acceptors (Lipinski definition) is 2. The topological polar surface area (TPSA) is 21.3 Å². The standard InChI is InChI=1S/C15H22FNO/c1-10-8-12(16)9-11(2)14(10)15(17-3)13-6-4-5-7-18-13/h8-9,13,15,17H,4-7H2,1-3H3. The molecule has 0 aliphatic carbocycles. The maximum absolute atomic E-state index is 13.4. The van der Waals surface area contributed by atoms with Crippen LogP contribution in [0.2, 0.25) is 0 Å². The third kappa shape index (κ3) is 2.73. The van der Waals surface area contributed by atoms with Crippen molar-refractivity contribution in [1.29, 1.82) is 0 Å². The van der Waals surface area contributed by atoms with Gasteiger partial charge in [0.05, 0.1) is 12.1 Å². The molecule has 2 rings (SSSR count). The highest BCUT2D eigenvalue weighted by atomic mass is 19.1. The number of aryl methyl sites for hydroxylation is 2. The van der Waals surface area contributed by atoms with Gasteiger partial charge in [-0.2, -0.15) is 0 Å². The van der Waals surface area contributed by atoms with Gasteiger partial charge in [0.25, 0.3) is 0 Å². The second kappa shape index (κ2) is 5.81. The normalized spacial score (nSPS) is 21.9. The lowest BCUT2D eigenvalue weighted by atomic mass is 9.89. The minimum Gasteiger partial charge on any atom is -0.376 e. The third-order valence-corrected chi connectivity index (χ3v) is 3.77. The fourth-order valence-corrected chi connectivity index (χ4v) is 2.96. The summed E-state index contributed by atoms with van der Waals surface area (Å²) in [4.78, 5) is 0. The van der Waals surface area contributed by atoms with Gasteiger partial charge in [-0.25, -0.2) is 4.39 Å². The second-order valence-corrected chi connectivity index (χ2v) is 5.12. The number of halogens is 1. The number of likely N-dealkylation sites (N-methyl/N-ethyl adjacent to an activating group) is 1. The highest BCUT2D eigenvalue weighted by Crippen LogP contribution is 2.30. The van der Waals surface area contributed by atoms with Crippen LogP contribution >= 0.6 is 0 Å². The first kappa shape index (κ1) is 13.5. The first-order valence-corrected chi connectivity index (χ1v) is 6.69. The van der Waals surface area contributed by atoms with Crippen molar-refractivity contribution < 1.29 is 9.13 Å². The van der Waals surface area contributed by atoms with Crippen LogP contribution in [-0.2, 0) is 4.74 Å². The molecule has 2 unspecified atom stereocenters. The zero-order chi connectivity index (χ0) is 13.1. The first-order valence-electron chi connectivity index (χ1n) is 6.69. The van der Waals surface area contributed by atoms with Gasteiger partial charge in [-0.05, 0) is 69.0 Å². The quantitative estimate of drug-likeness (QED) is 0.890. The number of benzene rings is 1. The van der Waals surface area contributed by atoms with E-state index < -0.39 is 0 Å². The molecule has 0 radical (unpaired) electrons. The number of rotatable bonds is 3. The Hall–Kier alpha value is -0.930. The highest BCUT2D eigenvalue weighted by Gasteiger charge is 2.27. The molecular formula is C15H22FNO. The van der Waals surface area contributed by atoms with Crippen molar-refractivity contribution in [1.82, 2.24) is 5.32 Å². The van der Waals surface area contributed by atoms with E-state index in [2.05, 4.69) is 5.32 Å². The molecular weight excluding hydrogens is 229 g/mol. The summed E-state index contributed by atoms with van der Waals surface area (Å²) in [7, 11) is 1.95. The van der Waals surface area contributed by atoms with E-state index in [1.165, 1.54) is 12.0 Å². The summed E-state index contributed by atoms with van der Waals surface area (Å²) in [5, 5.41) is 3.34. The van der Waals surface area contributed by atoms with Crippen LogP contribution in [0.4, 0.5) is 4.39 Å². The molecule has 100 valence electrons. The predicted octanol–water partition coefficient (Wildman–Crippen LogP) is 3.27. The van der Waals surface area contributed by atoms with Crippen LogP contribution in [0.1, 0.15) is 42.0 Å². The molecule has 0 spiro atoms. The Bertz CT molecular complexity index is 390. The van der Waals surface area contributed by atoms with Crippen molar-refractivity contribution in [2.75, 3.05) is 13.7 Å². The molecule has 1 aliphatic rings. The predicted molar refractivity (Wildman–Crippen MR) is 71.3 cm³/mol. The molecule has 0 amide bonds. The molecule has 0 saturated carbocycles. The van der Waals surface area contributed by atoms with Crippen molar-refractivity contribution in [3.63, 3.8) is 0 Å². The van der Waals surface area contributed by atoms with Gasteiger partial charge in [0, 0.05) is 6.61 Å². The van der Waals surface area contributed by atoms with Crippen molar-refractivity contribution in [3.05, 3.63) is 34.6 Å². The fraction of sp³-hybridized carbons (Fsp3) is 0.600. The van der Waals surface area contributed by atoms with Crippen molar-refractivity contribution >= 4 is 0 Å². The largest absolute Gasteiger partial charge is 0.376 e. The maximum atomic E-state index is 13.4. The van der Waals surface area contributed by atoms with Crippen LogP contribution < -0.4 is 5.32 Å². The van der Waals surface area contributed by atoms with E-state index in [0.717, 1.165) is 30.6 Å². The average Bonchev–Trinajstić information content (AvgIpc) is 2.34. The van der Waals surface area contributed by atoms with Crippen LogP contribution in [0.15, 0.2) is 12.1 Å². The Morgan fingerprint density at radius 1 is 1.28 bits per heavy atom. The minimum absolute atomic E-state index is 0.158. The summed E-state index contributed by atoms with van der Waals surface area (Å²) in [6, 6.07) is 3.37. The average molecular weight is 251 g/mol. The Balaban J connectivity index is 2.32. The molecule has 1 N–H and O–H groups in total. The lowest BCUT2D eigenvalue weighted by Gasteiger charge is -2.32. The maximum Gasteiger partial charge on any atom is 0.123 e. The fourth-order valence-electron chi connectivity index (χ4n) is 2.96. The van der Waals surface area contributed by atoms with Crippen LogP contribution in [-0.4, -0.2) is 19.8 Å². The van der Waals surface area contributed by atoms with Gasteiger partial charge < -0.3 is 10.1 Å². The molecule has 18 heavy (non-hydrogen) atoms. The van der Waals surface area contributed by atoms with E-state index >= 15 is 0 Å². The highest BCUT2D eigenvalue weighted by molar-refractivity contribution is 5.37. The third-order valence-electron chi connectivity index (χ3n) is 3.77. The van der Waals surface area contributed by atoms with E-state index in [-0.39, 0.29) is 18.0 Å². The van der Waals surface area contributed by atoms with E-state index in [1.54, 1.807) is 12.1 Å². The Kier molecular flexibility index (Phi) is 4.36. The smallest absolute Gasteiger partial charge is 0.123 e. The molecule has 1 aromatic rings. The molecule has 2 atom stereocenters. The van der Waals surface area contributed by atoms with Gasteiger partial charge in [-0.3, -0.25) is 0 Å². The Morgan fingerprint density at radius 3 is 2.44 bits per heavy atom. The van der Waals surface area contributed by atoms with E-state index in [9.17, 15) is 4.39 Å². The van der Waals surface area contributed by atoms with Crippen LogP contribution in [0.5, 0.6) is 0 Å². The van der Waals surface area contributed by atoms with E-state index in [1.807, 2.05) is 20.9 Å². The molecule has 1 heterocycles. The molecule has 0 bridgehead atoms. The summed E-state index contributed by atoms with van der Waals surface area (Å²) in [5.41, 5.74) is 3.19. The lowest BCUT2D eigenvalue weighted by molar-refractivity contribution is -0.00689. The van der Waals surface area contributed by atoms with E-state index in [0.29, 0.717) is 0 Å². The van der Waals surface area contributed by atoms with E-state index in [4.69, 9.17) is 4.74 Å². The zero-order valence-electron chi connectivity index (χ0n) is 11.4. The molecule has 1 aromatic carbocycles. The SMILES string of the molecule is CNC(c1c(C)cc(F)cc1C)C1CCCCO1. The van der Waals surface area contributed by atoms with Gasteiger partial charge in [-0.1, -0.05) is 0 Å². The van der Waals surface area contributed by atoms with Gasteiger partial charge in [0.15, 0.2) is 0 Å². The molecule has 2 nitrogen and oxygen atoms in total. The van der Waals surface area contributed by atoms with Gasteiger partial charge in [0.1, 0.15) is 5.82 Å². The van der Waals surface area contributed by atoms with Gasteiger partial charge >= 0.3 is 0 Å². The zero-order valence-corrected chi connectivity index (χ0v) is 11.4. The molecule has 0 aromatic heterocycles. The number of hydrogen-bond donors (Lipinski definition) is 1. The van der Waals surface area contributed by atoms with Gasteiger partial charge in [0.2, 0.25) is 0 Å². The van der Waals surface area contributed by atoms with Crippen LogP contribution in [0, 0.1) is 19.7 Å².